The molecule has 0 unspecified atom stereocenters. The highest BCUT2D eigenvalue weighted by Crippen LogP contribution is 2.34. The number of piperidine rings is 1. The zero-order valence-corrected chi connectivity index (χ0v) is 16.5. The van der Waals surface area contributed by atoms with Crippen LogP contribution in [0.4, 0.5) is 0 Å². The first-order chi connectivity index (χ1) is 13.7. The van der Waals surface area contributed by atoms with Crippen LogP contribution < -0.4 is 10.9 Å². The number of hydrogen-bond donors (Lipinski definition) is 1. The van der Waals surface area contributed by atoms with E-state index in [0.717, 1.165) is 43.7 Å². The van der Waals surface area contributed by atoms with Gasteiger partial charge >= 0.3 is 0 Å². The molecule has 4 rings (SSSR count). The van der Waals surface area contributed by atoms with Crippen molar-refractivity contribution < 1.29 is 4.79 Å². The van der Waals surface area contributed by atoms with Gasteiger partial charge in [-0.3, -0.25) is 14.2 Å². The summed E-state index contributed by atoms with van der Waals surface area (Å²) in [6, 6.07) is 7.74. The molecule has 1 N–H and O–H groups in total. The maximum Gasteiger partial charge on any atom is 0.261 e. The minimum absolute atomic E-state index is 0.0324. The Bertz CT molecular complexity index is 882. The van der Waals surface area contributed by atoms with Gasteiger partial charge in [-0.05, 0) is 63.9 Å². The van der Waals surface area contributed by atoms with E-state index in [1.165, 1.54) is 32.4 Å². The number of fused-ring (bicyclic) bond motifs is 1. The Morgan fingerprint density at radius 1 is 1.14 bits per heavy atom. The Morgan fingerprint density at radius 2 is 1.93 bits per heavy atom. The van der Waals surface area contributed by atoms with Crippen molar-refractivity contribution in [2.75, 3.05) is 26.2 Å². The molecule has 1 saturated carbocycles. The number of nitrogens with one attached hydrogen (secondary N) is 1. The third-order valence-corrected chi connectivity index (χ3v) is 5.79. The van der Waals surface area contributed by atoms with E-state index in [2.05, 4.69) is 10.2 Å². The van der Waals surface area contributed by atoms with Gasteiger partial charge in [-0.1, -0.05) is 18.6 Å². The highest BCUT2D eigenvalue weighted by molar-refractivity contribution is 5.78. The van der Waals surface area contributed by atoms with Crippen LogP contribution >= 0.6 is 0 Å². The first-order valence-corrected chi connectivity index (χ1v) is 10.7. The number of amides is 1. The number of benzene rings is 1. The van der Waals surface area contributed by atoms with Gasteiger partial charge in [0.1, 0.15) is 5.82 Å². The summed E-state index contributed by atoms with van der Waals surface area (Å²) in [5, 5.41) is 3.69. The lowest BCUT2D eigenvalue weighted by molar-refractivity contribution is -0.121. The van der Waals surface area contributed by atoms with Gasteiger partial charge in [-0.15, -0.1) is 0 Å². The molecular weight excluding hydrogens is 352 g/mol. The number of hydrogen-bond acceptors (Lipinski definition) is 4. The Morgan fingerprint density at radius 3 is 2.71 bits per heavy atom. The van der Waals surface area contributed by atoms with Crippen molar-refractivity contribution in [1.82, 2.24) is 19.8 Å². The van der Waals surface area contributed by atoms with Crippen molar-refractivity contribution >= 4 is 16.8 Å². The summed E-state index contributed by atoms with van der Waals surface area (Å²) in [6.07, 6.45) is 7.87. The molecule has 2 aliphatic rings. The third-order valence-electron chi connectivity index (χ3n) is 5.79. The summed E-state index contributed by atoms with van der Waals surface area (Å²) >= 11 is 0. The fraction of sp³-hybridized carbons (Fsp3) is 0.591. The van der Waals surface area contributed by atoms with Crippen LogP contribution in [0.2, 0.25) is 0 Å². The van der Waals surface area contributed by atoms with Gasteiger partial charge in [0.05, 0.1) is 10.9 Å². The number of likely N-dealkylation sites (tertiary alicyclic amines) is 1. The van der Waals surface area contributed by atoms with E-state index in [1.807, 2.05) is 28.8 Å². The van der Waals surface area contributed by atoms with E-state index in [0.29, 0.717) is 18.2 Å². The molecule has 2 heterocycles. The second-order valence-electron chi connectivity index (χ2n) is 8.06. The first-order valence-electron chi connectivity index (χ1n) is 10.7. The smallest absolute Gasteiger partial charge is 0.261 e. The summed E-state index contributed by atoms with van der Waals surface area (Å²) in [4.78, 5) is 32.3. The molecule has 6 nitrogen and oxygen atoms in total. The molecule has 0 bridgehead atoms. The summed E-state index contributed by atoms with van der Waals surface area (Å²) < 4.78 is 1.83. The molecule has 2 fully saturated rings. The quantitative estimate of drug-likeness (QED) is 0.713. The molecule has 0 radical (unpaired) electrons. The van der Waals surface area contributed by atoms with Gasteiger partial charge in [0.25, 0.3) is 5.56 Å². The van der Waals surface area contributed by atoms with Crippen LogP contribution in [0.3, 0.4) is 0 Å². The first kappa shape index (κ1) is 19.1. The molecular formula is C22H30N4O2. The molecule has 28 heavy (non-hydrogen) atoms. The molecule has 2 aromatic rings. The average Bonchev–Trinajstić information content (AvgIpc) is 3.55. The molecule has 1 aromatic heterocycles. The molecule has 1 aliphatic carbocycles. The summed E-state index contributed by atoms with van der Waals surface area (Å²) in [5.74, 6) is 0.790. The van der Waals surface area contributed by atoms with Gasteiger partial charge in [0, 0.05) is 25.4 Å². The molecule has 6 heteroatoms. The van der Waals surface area contributed by atoms with Crippen LogP contribution in [0.1, 0.15) is 56.8 Å². The van der Waals surface area contributed by atoms with Crippen molar-refractivity contribution in [2.45, 2.75) is 57.4 Å². The van der Waals surface area contributed by atoms with Crippen LogP contribution in [-0.4, -0.2) is 46.5 Å². The fourth-order valence-electron chi connectivity index (χ4n) is 4.10. The number of carbonyl (C=O) groups excluding carboxylic acids is 1. The minimum Gasteiger partial charge on any atom is -0.356 e. The standard InChI is InChI=1S/C22H30N4O2/c27-21(23-13-6-16-25-14-4-1-5-15-25)12-11-20-24-19-8-3-2-7-18(19)22(28)26(20)17-9-10-17/h2-3,7-8,17H,1,4-6,9-16H2,(H,23,27). The van der Waals surface area contributed by atoms with Gasteiger partial charge in [-0.25, -0.2) is 4.98 Å². The molecule has 0 spiro atoms. The molecule has 1 saturated heterocycles. The Balaban J connectivity index is 1.31. The van der Waals surface area contributed by atoms with Crippen LogP contribution in [0.15, 0.2) is 29.1 Å². The number of para-hydroxylation sites is 1. The second kappa shape index (κ2) is 8.86. The summed E-state index contributed by atoms with van der Waals surface area (Å²) in [5.41, 5.74) is 0.756. The van der Waals surface area contributed by atoms with Crippen molar-refractivity contribution in [1.29, 1.82) is 0 Å². The molecule has 1 aromatic carbocycles. The van der Waals surface area contributed by atoms with E-state index in [4.69, 9.17) is 4.98 Å². The van der Waals surface area contributed by atoms with Gasteiger partial charge < -0.3 is 10.2 Å². The van der Waals surface area contributed by atoms with E-state index >= 15 is 0 Å². The number of aromatic nitrogens is 2. The van der Waals surface area contributed by atoms with E-state index in [9.17, 15) is 9.59 Å². The highest BCUT2D eigenvalue weighted by Gasteiger charge is 2.28. The SMILES string of the molecule is O=C(CCc1nc2ccccc2c(=O)n1C1CC1)NCCCN1CCCCC1. The maximum absolute atomic E-state index is 12.9. The zero-order chi connectivity index (χ0) is 19.3. The second-order valence-corrected chi connectivity index (χ2v) is 8.06. The number of aryl methyl sites for hydroxylation is 1. The summed E-state index contributed by atoms with van der Waals surface area (Å²) in [7, 11) is 0. The normalized spacial score (nSPS) is 17.7. The average molecular weight is 383 g/mol. The topological polar surface area (TPSA) is 67.2 Å². The van der Waals surface area contributed by atoms with E-state index in [1.54, 1.807) is 0 Å². The third kappa shape index (κ3) is 4.61. The Kier molecular flexibility index (Phi) is 6.05. The van der Waals surface area contributed by atoms with Gasteiger partial charge in [-0.2, -0.15) is 0 Å². The largest absolute Gasteiger partial charge is 0.356 e. The number of rotatable bonds is 8. The lowest BCUT2D eigenvalue weighted by atomic mass is 10.1. The predicted octanol–water partition coefficient (Wildman–Crippen LogP) is 2.66. The summed E-state index contributed by atoms with van der Waals surface area (Å²) in [6.45, 7) is 4.17. The van der Waals surface area contributed by atoms with Crippen molar-refractivity contribution in [3.63, 3.8) is 0 Å². The molecule has 150 valence electrons. The Labute approximate surface area is 165 Å². The lowest BCUT2D eigenvalue weighted by Gasteiger charge is -2.26. The monoisotopic (exact) mass is 382 g/mol. The maximum atomic E-state index is 12.9. The number of nitrogens with zero attached hydrogens (tertiary/aromatic N) is 3. The van der Waals surface area contributed by atoms with Gasteiger partial charge in [0.2, 0.25) is 5.91 Å². The van der Waals surface area contributed by atoms with Crippen LogP contribution in [-0.2, 0) is 11.2 Å². The molecule has 1 amide bonds. The van der Waals surface area contributed by atoms with Gasteiger partial charge in [0.15, 0.2) is 0 Å². The lowest BCUT2D eigenvalue weighted by Crippen LogP contribution is -2.33. The van der Waals surface area contributed by atoms with E-state index < -0.39 is 0 Å². The molecule has 1 aliphatic heterocycles. The van der Waals surface area contributed by atoms with Crippen LogP contribution in [0.5, 0.6) is 0 Å². The van der Waals surface area contributed by atoms with Crippen LogP contribution in [0, 0.1) is 0 Å². The van der Waals surface area contributed by atoms with Crippen molar-refractivity contribution in [3.8, 4) is 0 Å². The number of carbonyl (C=O) groups is 1. The van der Waals surface area contributed by atoms with Crippen LogP contribution in [0.25, 0.3) is 10.9 Å². The Hall–Kier alpha value is -2.21. The molecule has 0 atom stereocenters. The van der Waals surface area contributed by atoms with Crippen molar-refractivity contribution in [3.05, 3.63) is 40.4 Å². The fourth-order valence-corrected chi connectivity index (χ4v) is 4.10. The predicted molar refractivity (Wildman–Crippen MR) is 111 cm³/mol. The highest BCUT2D eigenvalue weighted by atomic mass is 16.1. The zero-order valence-electron chi connectivity index (χ0n) is 16.5. The minimum atomic E-state index is 0.0324. The van der Waals surface area contributed by atoms with E-state index in [-0.39, 0.29) is 17.5 Å². The van der Waals surface area contributed by atoms with Crippen molar-refractivity contribution in [2.24, 2.45) is 0 Å².